The lowest BCUT2D eigenvalue weighted by Gasteiger charge is -2.43. The fraction of sp³-hybridized carbons (Fsp3) is 0.647. The van der Waals surface area contributed by atoms with Gasteiger partial charge in [-0.2, -0.15) is 0 Å². The molecule has 0 radical (unpaired) electrons. The smallest absolute Gasteiger partial charge is 0.241 e. The molecule has 0 aromatic carbocycles. The van der Waals surface area contributed by atoms with E-state index >= 15 is 0 Å². The van der Waals surface area contributed by atoms with Gasteiger partial charge in [0.25, 0.3) is 0 Å². The first-order valence-corrected chi connectivity index (χ1v) is 10.4. The first kappa shape index (κ1) is 17.8. The topological polar surface area (TPSA) is 75.2 Å². The molecule has 3 aliphatic rings. The van der Waals surface area contributed by atoms with E-state index in [1.54, 1.807) is 6.33 Å². The van der Waals surface area contributed by atoms with E-state index in [4.69, 9.17) is 0 Å². The summed E-state index contributed by atoms with van der Waals surface area (Å²) in [7, 11) is -1.55. The Kier molecular flexibility index (Phi) is 4.46. The SMILES string of the molecule is CN(c1ncnc2c1C=CC2)C1CC(NS(=O)(=O)C2CC(C(F)F)C2)C1. The summed E-state index contributed by atoms with van der Waals surface area (Å²) in [5.41, 5.74) is 2.04. The van der Waals surface area contributed by atoms with Crippen molar-refractivity contribution in [3.63, 3.8) is 0 Å². The molecular weight excluding hydrogens is 362 g/mol. The second-order valence-electron chi connectivity index (χ2n) is 7.45. The monoisotopic (exact) mass is 384 g/mol. The summed E-state index contributed by atoms with van der Waals surface area (Å²) in [6.07, 6.45) is 5.51. The number of halogens is 2. The zero-order chi connectivity index (χ0) is 18.5. The van der Waals surface area contributed by atoms with Crippen LogP contribution in [0.2, 0.25) is 0 Å². The number of fused-ring (bicyclic) bond motifs is 1. The maximum Gasteiger partial charge on any atom is 0.241 e. The summed E-state index contributed by atoms with van der Waals surface area (Å²) in [4.78, 5) is 10.7. The predicted molar refractivity (Wildman–Crippen MR) is 94.6 cm³/mol. The Morgan fingerprint density at radius 2 is 1.96 bits per heavy atom. The molecule has 1 aromatic heterocycles. The molecule has 1 N–H and O–H groups in total. The molecule has 0 unspecified atom stereocenters. The molecule has 6 nitrogen and oxygen atoms in total. The van der Waals surface area contributed by atoms with Crippen molar-refractivity contribution in [1.29, 1.82) is 0 Å². The van der Waals surface area contributed by atoms with Gasteiger partial charge >= 0.3 is 0 Å². The Hall–Kier alpha value is -1.61. The van der Waals surface area contributed by atoms with Crippen LogP contribution in [0.3, 0.4) is 0 Å². The minimum Gasteiger partial charge on any atom is -0.356 e. The summed E-state index contributed by atoms with van der Waals surface area (Å²) in [6, 6.07) is 0.0642. The van der Waals surface area contributed by atoms with E-state index in [2.05, 4.69) is 25.7 Å². The second kappa shape index (κ2) is 6.53. The predicted octanol–water partition coefficient (Wildman–Crippen LogP) is 1.98. The normalized spacial score (nSPS) is 30.0. The molecule has 3 aliphatic carbocycles. The van der Waals surface area contributed by atoms with Crippen LogP contribution in [0.1, 0.15) is 36.9 Å². The zero-order valence-corrected chi connectivity index (χ0v) is 15.3. The van der Waals surface area contributed by atoms with Gasteiger partial charge in [-0.1, -0.05) is 12.2 Å². The minimum atomic E-state index is -3.51. The van der Waals surface area contributed by atoms with E-state index in [1.165, 1.54) is 0 Å². The van der Waals surface area contributed by atoms with E-state index in [9.17, 15) is 17.2 Å². The van der Waals surface area contributed by atoms with Crippen LogP contribution in [0.4, 0.5) is 14.6 Å². The Balaban J connectivity index is 1.32. The Morgan fingerprint density at radius 3 is 2.65 bits per heavy atom. The zero-order valence-electron chi connectivity index (χ0n) is 14.5. The summed E-state index contributed by atoms with van der Waals surface area (Å²) in [5, 5.41) is -0.673. The van der Waals surface area contributed by atoms with E-state index in [-0.39, 0.29) is 24.9 Å². The van der Waals surface area contributed by atoms with Crippen LogP contribution >= 0.6 is 0 Å². The number of hydrogen-bond donors (Lipinski definition) is 1. The van der Waals surface area contributed by atoms with Gasteiger partial charge in [-0.15, -0.1) is 0 Å². The third kappa shape index (κ3) is 3.11. The molecule has 1 aromatic rings. The molecule has 0 saturated heterocycles. The van der Waals surface area contributed by atoms with Crippen molar-refractivity contribution in [1.82, 2.24) is 14.7 Å². The first-order chi connectivity index (χ1) is 12.3. The van der Waals surface area contributed by atoms with Crippen LogP contribution in [0.15, 0.2) is 12.4 Å². The summed E-state index contributed by atoms with van der Waals surface area (Å²) in [5.74, 6) is 0.0959. The lowest BCUT2D eigenvalue weighted by Crippen LogP contribution is -2.56. The Bertz CT molecular complexity index is 818. The standard InChI is InChI=1S/C17H22F2N4O2S/c1-23(17-14-3-2-4-15(14)20-9-21-17)12-7-11(8-12)22-26(24,25)13-5-10(6-13)16(18)19/h2-3,9-13,16,22H,4-8H2,1H3. The van der Waals surface area contributed by atoms with Gasteiger partial charge in [-0.25, -0.2) is 31.9 Å². The van der Waals surface area contributed by atoms with Gasteiger partial charge in [-0.05, 0) is 25.7 Å². The first-order valence-electron chi connectivity index (χ1n) is 8.87. The maximum absolute atomic E-state index is 12.5. The number of nitrogens with zero attached hydrogens (tertiary/aromatic N) is 3. The molecule has 2 saturated carbocycles. The molecule has 9 heteroatoms. The number of sulfonamides is 1. The van der Waals surface area contributed by atoms with Crippen molar-refractivity contribution >= 4 is 21.9 Å². The van der Waals surface area contributed by atoms with Crippen molar-refractivity contribution in [2.75, 3.05) is 11.9 Å². The highest BCUT2D eigenvalue weighted by Gasteiger charge is 2.45. The molecule has 4 rings (SSSR count). The Morgan fingerprint density at radius 1 is 1.23 bits per heavy atom. The molecule has 0 amide bonds. The molecule has 2 fully saturated rings. The highest BCUT2D eigenvalue weighted by atomic mass is 32.2. The minimum absolute atomic E-state index is 0.0580. The summed E-state index contributed by atoms with van der Waals surface area (Å²) < 4.78 is 52.3. The van der Waals surface area contributed by atoms with Crippen LogP contribution in [-0.2, 0) is 16.4 Å². The molecule has 26 heavy (non-hydrogen) atoms. The summed E-state index contributed by atoms with van der Waals surface area (Å²) >= 11 is 0. The van der Waals surface area contributed by atoms with Crippen LogP contribution in [-0.4, -0.2) is 49.2 Å². The Labute approximate surface area is 151 Å². The van der Waals surface area contributed by atoms with Crippen molar-refractivity contribution < 1.29 is 17.2 Å². The van der Waals surface area contributed by atoms with E-state index in [0.29, 0.717) is 12.8 Å². The number of alkyl halides is 2. The second-order valence-corrected chi connectivity index (χ2v) is 9.44. The molecular formula is C17H22F2N4O2S. The summed E-state index contributed by atoms with van der Waals surface area (Å²) in [6.45, 7) is 0. The number of hydrogen-bond acceptors (Lipinski definition) is 5. The van der Waals surface area contributed by atoms with Crippen molar-refractivity contribution in [3.8, 4) is 0 Å². The molecule has 0 bridgehead atoms. The van der Waals surface area contributed by atoms with Crippen molar-refractivity contribution in [3.05, 3.63) is 23.7 Å². The number of aromatic nitrogens is 2. The van der Waals surface area contributed by atoms with Gasteiger partial charge < -0.3 is 4.90 Å². The van der Waals surface area contributed by atoms with Gasteiger partial charge in [-0.3, -0.25) is 0 Å². The van der Waals surface area contributed by atoms with Crippen LogP contribution in [0, 0.1) is 5.92 Å². The average Bonchev–Trinajstić information content (AvgIpc) is 2.96. The van der Waals surface area contributed by atoms with E-state index in [0.717, 1.165) is 23.5 Å². The van der Waals surface area contributed by atoms with Gasteiger partial charge in [0.05, 0.1) is 10.9 Å². The van der Waals surface area contributed by atoms with Crippen LogP contribution < -0.4 is 9.62 Å². The molecule has 142 valence electrons. The molecule has 0 atom stereocenters. The lowest BCUT2D eigenvalue weighted by atomic mass is 9.85. The quantitative estimate of drug-likeness (QED) is 0.812. The third-order valence-electron chi connectivity index (χ3n) is 5.79. The molecule has 1 heterocycles. The van der Waals surface area contributed by atoms with Gasteiger partial charge in [0.15, 0.2) is 0 Å². The average molecular weight is 384 g/mol. The number of nitrogens with one attached hydrogen (secondary N) is 1. The van der Waals surface area contributed by atoms with Gasteiger partial charge in [0.2, 0.25) is 16.4 Å². The highest BCUT2D eigenvalue weighted by molar-refractivity contribution is 7.90. The number of anilines is 1. The lowest BCUT2D eigenvalue weighted by molar-refractivity contribution is 0.0361. The third-order valence-corrected chi connectivity index (χ3v) is 7.72. The number of allylic oxidation sites excluding steroid dienone is 1. The largest absolute Gasteiger partial charge is 0.356 e. The van der Waals surface area contributed by atoms with Crippen molar-refractivity contribution in [2.45, 2.75) is 55.9 Å². The van der Waals surface area contributed by atoms with Crippen LogP contribution in [0.25, 0.3) is 6.08 Å². The highest BCUT2D eigenvalue weighted by Crippen LogP contribution is 2.38. The van der Waals surface area contributed by atoms with Crippen molar-refractivity contribution in [2.24, 2.45) is 5.92 Å². The molecule has 0 aliphatic heterocycles. The van der Waals surface area contributed by atoms with Gasteiger partial charge in [0, 0.05) is 37.0 Å². The number of rotatable bonds is 6. The molecule has 0 spiro atoms. The fourth-order valence-electron chi connectivity index (χ4n) is 3.89. The maximum atomic E-state index is 12.5. The van der Waals surface area contributed by atoms with E-state index in [1.807, 2.05) is 13.1 Å². The van der Waals surface area contributed by atoms with Crippen LogP contribution in [0.5, 0.6) is 0 Å². The van der Waals surface area contributed by atoms with E-state index < -0.39 is 27.6 Å². The van der Waals surface area contributed by atoms with Gasteiger partial charge in [0.1, 0.15) is 12.1 Å². The fourth-order valence-corrected chi connectivity index (χ4v) is 5.74.